The number of carbonyl (C=O) groups is 2. The Bertz CT molecular complexity index is 946. The molecule has 0 aliphatic carbocycles. The van der Waals surface area contributed by atoms with Crippen molar-refractivity contribution in [2.75, 3.05) is 6.61 Å². The van der Waals surface area contributed by atoms with E-state index < -0.39 is 18.2 Å². The van der Waals surface area contributed by atoms with E-state index in [1.165, 1.54) is 122 Å². The predicted octanol–water partition coefficient (Wildman–Crippen LogP) is 14.5. The van der Waals surface area contributed by atoms with E-state index in [1.807, 2.05) is 0 Å². The number of esters is 1. The van der Waals surface area contributed by atoms with Crippen LogP contribution in [0.1, 0.15) is 252 Å². The summed E-state index contributed by atoms with van der Waals surface area (Å²) in [5, 5.41) is 23.7. The lowest BCUT2D eigenvalue weighted by Gasteiger charge is -2.24. The van der Waals surface area contributed by atoms with Gasteiger partial charge < -0.3 is 20.3 Å². The number of carbonyl (C=O) groups excluding carboxylic acids is 2. The van der Waals surface area contributed by atoms with Gasteiger partial charge in [0.1, 0.15) is 6.10 Å². The van der Waals surface area contributed by atoms with E-state index in [2.05, 4.69) is 62.5 Å². The van der Waals surface area contributed by atoms with Gasteiger partial charge in [-0.1, -0.05) is 198 Å². The van der Waals surface area contributed by atoms with Gasteiger partial charge in [-0.05, 0) is 77.0 Å². The van der Waals surface area contributed by atoms with Crippen LogP contribution in [-0.2, 0) is 14.3 Å². The zero-order valence-corrected chi connectivity index (χ0v) is 38.0. The van der Waals surface area contributed by atoms with Crippen molar-refractivity contribution >= 4 is 11.9 Å². The molecule has 0 aromatic heterocycles. The number of unbranched alkanes of at least 4 members (excludes halogenated alkanes) is 26. The lowest BCUT2D eigenvalue weighted by atomic mass is 10.0. The number of nitrogens with one attached hydrogen (secondary N) is 1. The fourth-order valence-electron chi connectivity index (χ4n) is 7.40. The maximum Gasteiger partial charge on any atom is 0.306 e. The highest BCUT2D eigenvalue weighted by atomic mass is 16.5. The molecule has 0 saturated heterocycles. The molecule has 0 fully saturated rings. The van der Waals surface area contributed by atoms with E-state index >= 15 is 0 Å². The van der Waals surface area contributed by atoms with Crippen LogP contribution in [0, 0.1) is 0 Å². The van der Waals surface area contributed by atoms with Gasteiger partial charge in [0, 0.05) is 6.42 Å². The van der Waals surface area contributed by atoms with Crippen molar-refractivity contribution in [1.82, 2.24) is 5.32 Å². The maximum absolute atomic E-state index is 13.2. The van der Waals surface area contributed by atoms with Crippen molar-refractivity contribution in [1.29, 1.82) is 0 Å². The molecule has 0 heterocycles. The number of allylic oxidation sites excluding steroid dienone is 6. The van der Waals surface area contributed by atoms with Crippen molar-refractivity contribution in [2.45, 2.75) is 270 Å². The Morgan fingerprint density at radius 1 is 0.509 bits per heavy atom. The second-order valence-corrected chi connectivity index (χ2v) is 16.9. The van der Waals surface area contributed by atoms with Crippen molar-refractivity contribution in [3.63, 3.8) is 0 Å². The lowest BCUT2D eigenvalue weighted by Crippen LogP contribution is -2.46. The molecule has 0 saturated carbocycles. The molecular weight excluding hydrogens is 707 g/mol. The average molecular weight is 802 g/mol. The Kier molecular flexibility index (Phi) is 43.6. The van der Waals surface area contributed by atoms with Crippen molar-refractivity contribution in [3.05, 3.63) is 36.5 Å². The fourth-order valence-corrected chi connectivity index (χ4v) is 7.40. The predicted molar refractivity (Wildman–Crippen MR) is 246 cm³/mol. The average Bonchev–Trinajstić information content (AvgIpc) is 3.20. The summed E-state index contributed by atoms with van der Waals surface area (Å²) in [5.74, 6) is -0.495. The zero-order chi connectivity index (χ0) is 41.7. The molecule has 57 heavy (non-hydrogen) atoms. The number of hydrogen-bond donors (Lipinski definition) is 3. The van der Waals surface area contributed by atoms with Crippen LogP contribution in [0.15, 0.2) is 36.5 Å². The molecule has 0 radical (unpaired) electrons. The Morgan fingerprint density at radius 3 is 1.46 bits per heavy atom. The Labute approximate surface area is 353 Å². The van der Waals surface area contributed by atoms with Gasteiger partial charge in [-0.25, -0.2) is 0 Å². The minimum absolute atomic E-state index is 0.0666. The van der Waals surface area contributed by atoms with E-state index in [9.17, 15) is 19.8 Å². The van der Waals surface area contributed by atoms with Crippen LogP contribution in [-0.4, -0.2) is 46.9 Å². The van der Waals surface area contributed by atoms with E-state index in [0.29, 0.717) is 19.3 Å². The molecule has 0 aliphatic heterocycles. The first-order valence-corrected chi connectivity index (χ1v) is 24.7. The first kappa shape index (κ1) is 55.1. The van der Waals surface area contributed by atoms with Gasteiger partial charge in [0.15, 0.2) is 0 Å². The van der Waals surface area contributed by atoms with Crippen molar-refractivity contribution < 1.29 is 24.5 Å². The highest BCUT2D eigenvalue weighted by Gasteiger charge is 2.24. The summed E-state index contributed by atoms with van der Waals surface area (Å²) in [6, 6.07) is -0.704. The van der Waals surface area contributed by atoms with E-state index in [0.717, 1.165) is 83.5 Å². The molecule has 0 rings (SSSR count). The summed E-state index contributed by atoms with van der Waals surface area (Å²) in [6.45, 7) is 6.39. The molecule has 6 nitrogen and oxygen atoms in total. The van der Waals surface area contributed by atoms with E-state index in [4.69, 9.17) is 4.74 Å². The van der Waals surface area contributed by atoms with Crippen LogP contribution in [0.25, 0.3) is 0 Å². The van der Waals surface area contributed by atoms with Gasteiger partial charge in [-0.2, -0.15) is 0 Å². The Morgan fingerprint density at radius 2 is 0.930 bits per heavy atom. The third kappa shape index (κ3) is 40.6. The second-order valence-electron chi connectivity index (χ2n) is 16.9. The Balaban J connectivity index is 4.59. The van der Waals surface area contributed by atoms with Gasteiger partial charge in [0.05, 0.1) is 25.2 Å². The molecule has 0 spiro atoms. The highest BCUT2D eigenvalue weighted by Crippen LogP contribution is 2.18. The molecule has 0 aromatic rings. The number of aliphatic hydroxyl groups excluding tert-OH is 2. The molecule has 334 valence electrons. The molecule has 6 heteroatoms. The first-order valence-electron chi connectivity index (χ1n) is 24.7. The van der Waals surface area contributed by atoms with E-state index in [1.54, 1.807) is 0 Å². The number of amides is 1. The fraction of sp³-hybridized carbons (Fsp3) is 0.843. The monoisotopic (exact) mass is 802 g/mol. The van der Waals surface area contributed by atoms with Crippen LogP contribution in [0.2, 0.25) is 0 Å². The summed E-state index contributed by atoms with van der Waals surface area (Å²) in [5.41, 5.74) is 0. The quantitative estimate of drug-likeness (QED) is 0.0324. The normalized spacial score (nSPS) is 13.6. The topological polar surface area (TPSA) is 95.9 Å². The Hall–Kier alpha value is -1.92. The third-order valence-electron chi connectivity index (χ3n) is 11.2. The number of hydrogen-bond acceptors (Lipinski definition) is 5. The highest BCUT2D eigenvalue weighted by molar-refractivity contribution is 5.77. The molecule has 0 bridgehead atoms. The standard InChI is InChI=1S/C51H95NO5/c1-4-7-10-13-16-19-22-24-25-27-28-30-33-36-39-42-47(57-51(56)44-41-38-35-32-21-18-15-12-9-6-3)45-50(55)52-48(46-53)49(54)43-40-37-34-31-29-26-23-20-17-14-11-8-5-2/h12,15-16,19,24-25,47-49,53-54H,4-11,13-14,17-18,20-23,26-46H2,1-3H3,(H,52,55)/b15-12-,19-16-,25-24-. The number of ether oxygens (including phenoxy) is 1. The maximum atomic E-state index is 13.2. The van der Waals surface area contributed by atoms with Crippen molar-refractivity contribution in [3.8, 4) is 0 Å². The lowest BCUT2D eigenvalue weighted by molar-refractivity contribution is -0.151. The largest absolute Gasteiger partial charge is 0.462 e. The van der Waals surface area contributed by atoms with Crippen LogP contribution < -0.4 is 5.32 Å². The smallest absolute Gasteiger partial charge is 0.306 e. The molecule has 3 atom stereocenters. The molecular formula is C51H95NO5. The molecule has 0 aliphatic rings. The summed E-state index contributed by atoms with van der Waals surface area (Å²) in [4.78, 5) is 26.0. The van der Waals surface area contributed by atoms with Crippen LogP contribution >= 0.6 is 0 Å². The summed E-state index contributed by atoms with van der Waals surface area (Å²) >= 11 is 0. The SMILES string of the molecule is CCC/C=C\CCCCCCCC(=O)OC(CCCCCCC/C=C\C/C=C\CCCCC)CC(=O)NC(CO)C(O)CCCCCCCCCCCCCCC. The zero-order valence-electron chi connectivity index (χ0n) is 38.0. The minimum atomic E-state index is -0.790. The molecule has 3 unspecified atom stereocenters. The molecule has 1 amide bonds. The van der Waals surface area contributed by atoms with Crippen molar-refractivity contribution in [2.24, 2.45) is 0 Å². The van der Waals surface area contributed by atoms with Gasteiger partial charge >= 0.3 is 5.97 Å². The molecule has 3 N–H and O–H groups in total. The third-order valence-corrected chi connectivity index (χ3v) is 11.2. The second kappa shape index (κ2) is 45.2. The van der Waals surface area contributed by atoms with Gasteiger partial charge in [0.25, 0.3) is 0 Å². The number of aliphatic hydroxyl groups is 2. The molecule has 0 aromatic carbocycles. The summed E-state index contributed by atoms with van der Waals surface area (Å²) in [7, 11) is 0. The number of rotatable bonds is 44. The summed E-state index contributed by atoms with van der Waals surface area (Å²) < 4.78 is 5.90. The van der Waals surface area contributed by atoms with Crippen LogP contribution in [0.4, 0.5) is 0 Å². The van der Waals surface area contributed by atoms with Gasteiger partial charge in [-0.3, -0.25) is 9.59 Å². The van der Waals surface area contributed by atoms with Gasteiger partial charge in [-0.15, -0.1) is 0 Å². The summed E-state index contributed by atoms with van der Waals surface area (Å²) in [6.07, 6.45) is 52.0. The van der Waals surface area contributed by atoms with E-state index in [-0.39, 0.29) is 24.9 Å². The van der Waals surface area contributed by atoms with Crippen LogP contribution in [0.5, 0.6) is 0 Å². The van der Waals surface area contributed by atoms with Gasteiger partial charge in [0.2, 0.25) is 5.91 Å². The minimum Gasteiger partial charge on any atom is -0.462 e. The van der Waals surface area contributed by atoms with Crippen LogP contribution in [0.3, 0.4) is 0 Å². The first-order chi connectivity index (χ1) is 28.0.